The molecule has 0 heterocycles. The number of rotatable bonds is 4. The van der Waals surface area contributed by atoms with Crippen LogP contribution in [0.2, 0.25) is 0 Å². The predicted molar refractivity (Wildman–Crippen MR) is 71.7 cm³/mol. The molecule has 0 radical (unpaired) electrons. The van der Waals surface area contributed by atoms with E-state index < -0.39 is 50.1 Å². The highest BCUT2D eigenvalue weighted by atomic mass is 32.3. The highest BCUT2D eigenvalue weighted by molar-refractivity contribution is 8.24. The fourth-order valence-corrected chi connectivity index (χ4v) is 11.4. The Bertz CT molecular complexity index is 806. The number of allylic oxidation sites excluding steroid dienone is 2. The molecule has 1 fully saturated rings. The van der Waals surface area contributed by atoms with Crippen LogP contribution in [0, 0.1) is 11.8 Å². The largest absolute Gasteiger partial charge is 0.499 e. The Morgan fingerprint density at radius 1 is 1.00 bits per heavy atom. The summed E-state index contributed by atoms with van der Waals surface area (Å²) >= 11 is 0. The van der Waals surface area contributed by atoms with Gasteiger partial charge in [-0.1, -0.05) is 12.2 Å². The van der Waals surface area contributed by atoms with Crippen molar-refractivity contribution >= 4 is 29.5 Å². The summed E-state index contributed by atoms with van der Waals surface area (Å²) in [6.45, 7) is 0. The number of sulfone groups is 3. The summed E-state index contributed by atoms with van der Waals surface area (Å²) < 4.78 is 105. The third-order valence-electron chi connectivity index (χ3n) is 3.83. The van der Waals surface area contributed by atoms with Crippen molar-refractivity contribution in [2.75, 3.05) is 6.26 Å². The SMILES string of the molecule is CS(=O)(=O)C(S(=O)(=O)C1CC2C=CC1C2)S(=O)(=O)C(F)(F)F. The number of hydrogen-bond acceptors (Lipinski definition) is 6. The predicted octanol–water partition coefficient (Wildman–Crippen LogP) is 0.629. The van der Waals surface area contributed by atoms with Crippen molar-refractivity contribution in [2.24, 2.45) is 11.8 Å². The van der Waals surface area contributed by atoms with E-state index in [0.717, 1.165) is 0 Å². The molecule has 0 aliphatic heterocycles. The summed E-state index contributed by atoms with van der Waals surface area (Å²) in [5.74, 6) is -0.832. The molecule has 0 saturated heterocycles. The van der Waals surface area contributed by atoms with Gasteiger partial charge in [0.25, 0.3) is 13.8 Å². The van der Waals surface area contributed by atoms with Crippen LogP contribution in [0.3, 0.4) is 0 Å². The Balaban J connectivity index is 2.59. The van der Waals surface area contributed by atoms with E-state index in [1.807, 2.05) is 0 Å². The van der Waals surface area contributed by atoms with Gasteiger partial charge in [0.05, 0.1) is 5.25 Å². The maximum atomic E-state index is 12.7. The molecular formula is C10H13F3O6S3. The van der Waals surface area contributed by atoms with E-state index in [4.69, 9.17) is 0 Å². The molecular weight excluding hydrogens is 369 g/mol. The van der Waals surface area contributed by atoms with Gasteiger partial charge in [0, 0.05) is 6.26 Å². The number of fused-ring (bicyclic) bond motifs is 2. The standard InChI is InChI=1S/C10H13F3O6S3/c1-20(14,15)9(22(18,19)10(11,12)13)21(16,17)8-5-6-2-3-7(8)4-6/h2-3,6-9H,4-5H2,1H3. The molecule has 4 unspecified atom stereocenters. The lowest BCUT2D eigenvalue weighted by atomic mass is 10.1. The fraction of sp³-hybridized carbons (Fsp3) is 0.800. The first kappa shape index (κ1) is 17.7. The monoisotopic (exact) mass is 382 g/mol. The van der Waals surface area contributed by atoms with Gasteiger partial charge in [0.2, 0.25) is 0 Å². The number of alkyl halides is 3. The van der Waals surface area contributed by atoms with Crippen molar-refractivity contribution in [1.29, 1.82) is 0 Å². The third-order valence-corrected chi connectivity index (χ3v) is 12.8. The van der Waals surface area contributed by atoms with Crippen molar-refractivity contribution in [3.05, 3.63) is 12.2 Å². The second-order valence-corrected chi connectivity index (χ2v) is 12.8. The molecule has 128 valence electrons. The van der Waals surface area contributed by atoms with Gasteiger partial charge in [-0.25, -0.2) is 25.3 Å². The molecule has 2 bridgehead atoms. The highest BCUT2D eigenvalue weighted by Gasteiger charge is 2.62. The molecule has 12 heteroatoms. The zero-order valence-corrected chi connectivity index (χ0v) is 13.6. The Kier molecular flexibility index (Phi) is 3.98. The minimum absolute atomic E-state index is 0.0666. The molecule has 1 saturated carbocycles. The minimum Gasteiger partial charge on any atom is -0.227 e. The lowest BCUT2D eigenvalue weighted by molar-refractivity contribution is -0.0434. The lowest BCUT2D eigenvalue weighted by Gasteiger charge is -2.24. The summed E-state index contributed by atoms with van der Waals surface area (Å²) in [7, 11) is -16.5. The molecule has 0 N–H and O–H groups in total. The van der Waals surface area contributed by atoms with Gasteiger partial charge in [-0.3, -0.25) is 0 Å². The Hall–Kier alpha value is -0.620. The van der Waals surface area contributed by atoms with E-state index in [2.05, 4.69) is 0 Å². The first-order valence-electron chi connectivity index (χ1n) is 6.09. The molecule has 0 spiro atoms. The maximum Gasteiger partial charge on any atom is 0.499 e. The van der Waals surface area contributed by atoms with Gasteiger partial charge in [-0.05, 0) is 24.7 Å². The minimum atomic E-state index is -6.41. The molecule has 0 amide bonds. The van der Waals surface area contributed by atoms with Crippen LogP contribution < -0.4 is 0 Å². The number of halogens is 3. The van der Waals surface area contributed by atoms with Gasteiger partial charge >= 0.3 is 5.51 Å². The van der Waals surface area contributed by atoms with Crippen LogP contribution in [0.5, 0.6) is 0 Å². The molecule has 2 aliphatic rings. The van der Waals surface area contributed by atoms with Crippen molar-refractivity contribution in [3.8, 4) is 0 Å². The zero-order valence-electron chi connectivity index (χ0n) is 11.2. The summed E-state index contributed by atoms with van der Waals surface area (Å²) in [6, 6.07) is 0. The van der Waals surface area contributed by atoms with E-state index in [-0.39, 0.29) is 18.6 Å². The molecule has 0 aromatic rings. The van der Waals surface area contributed by atoms with Gasteiger partial charge in [-0.2, -0.15) is 13.2 Å². The van der Waals surface area contributed by atoms with Crippen LogP contribution in [0.15, 0.2) is 12.2 Å². The van der Waals surface area contributed by atoms with E-state index in [1.54, 1.807) is 6.08 Å². The molecule has 22 heavy (non-hydrogen) atoms. The zero-order chi connectivity index (χ0) is 17.1. The lowest BCUT2D eigenvalue weighted by Crippen LogP contribution is -2.48. The quantitative estimate of drug-likeness (QED) is 0.661. The van der Waals surface area contributed by atoms with Crippen LogP contribution in [0.25, 0.3) is 0 Å². The van der Waals surface area contributed by atoms with Gasteiger partial charge < -0.3 is 0 Å². The van der Waals surface area contributed by atoms with Crippen molar-refractivity contribution in [1.82, 2.24) is 0 Å². The smallest absolute Gasteiger partial charge is 0.227 e. The molecule has 4 atom stereocenters. The van der Waals surface area contributed by atoms with Gasteiger partial charge in [0.1, 0.15) is 0 Å². The van der Waals surface area contributed by atoms with Crippen molar-refractivity contribution in [2.45, 2.75) is 27.5 Å². The molecule has 0 aromatic carbocycles. The van der Waals surface area contributed by atoms with Gasteiger partial charge in [0.15, 0.2) is 19.7 Å². The summed E-state index contributed by atoms with van der Waals surface area (Å²) in [5, 5.41) is -1.43. The molecule has 2 aliphatic carbocycles. The third kappa shape index (κ3) is 2.68. The average Bonchev–Trinajstić information content (AvgIpc) is 2.85. The van der Waals surface area contributed by atoms with Crippen LogP contribution in [-0.2, 0) is 29.5 Å². The normalized spacial score (nSPS) is 30.6. The second kappa shape index (κ2) is 4.94. The summed E-state index contributed by atoms with van der Waals surface area (Å²) in [4.78, 5) is 0. The second-order valence-electron chi connectivity index (χ2n) is 5.52. The van der Waals surface area contributed by atoms with Crippen LogP contribution in [-0.4, -0.2) is 46.2 Å². The Morgan fingerprint density at radius 3 is 1.86 bits per heavy atom. The first-order valence-corrected chi connectivity index (χ1v) is 11.2. The molecule has 6 nitrogen and oxygen atoms in total. The van der Waals surface area contributed by atoms with E-state index >= 15 is 0 Å². The highest BCUT2D eigenvalue weighted by Crippen LogP contribution is 2.45. The van der Waals surface area contributed by atoms with Crippen LogP contribution in [0.4, 0.5) is 13.2 Å². The summed E-state index contributed by atoms with van der Waals surface area (Å²) in [5.41, 5.74) is -5.97. The van der Waals surface area contributed by atoms with Crippen LogP contribution in [0.1, 0.15) is 12.8 Å². The van der Waals surface area contributed by atoms with Crippen molar-refractivity contribution in [3.63, 3.8) is 0 Å². The number of hydrogen-bond donors (Lipinski definition) is 0. The first-order chi connectivity index (χ1) is 9.69. The summed E-state index contributed by atoms with van der Waals surface area (Å²) in [6.07, 6.45) is 3.66. The molecule has 0 aromatic heterocycles. The topological polar surface area (TPSA) is 102 Å². The Morgan fingerprint density at radius 2 is 1.55 bits per heavy atom. The van der Waals surface area contributed by atoms with Crippen LogP contribution >= 0.6 is 0 Å². The van der Waals surface area contributed by atoms with Crippen molar-refractivity contribution < 1.29 is 38.4 Å². The Labute approximate surface area is 126 Å². The van der Waals surface area contributed by atoms with E-state index in [9.17, 15) is 38.4 Å². The van der Waals surface area contributed by atoms with E-state index in [0.29, 0.717) is 6.42 Å². The van der Waals surface area contributed by atoms with Gasteiger partial charge in [-0.15, -0.1) is 0 Å². The molecule has 2 rings (SSSR count). The van der Waals surface area contributed by atoms with E-state index in [1.165, 1.54) is 6.08 Å². The maximum absolute atomic E-state index is 12.7. The average molecular weight is 382 g/mol. The fourth-order valence-electron chi connectivity index (χ4n) is 3.01.